The second-order valence-corrected chi connectivity index (χ2v) is 5.68. The average Bonchev–Trinajstić information content (AvgIpc) is 3.09. The highest BCUT2D eigenvalue weighted by Crippen LogP contribution is 2.47. The first kappa shape index (κ1) is 14.2. The van der Waals surface area contributed by atoms with Crippen LogP contribution in [0.4, 0.5) is 0 Å². The van der Waals surface area contributed by atoms with Gasteiger partial charge < -0.3 is 9.47 Å². The van der Waals surface area contributed by atoms with E-state index in [4.69, 9.17) is 9.47 Å². The van der Waals surface area contributed by atoms with Gasteiger partial charge in [-0.15, -0.1) is 0 Å². The average molecular weight is 302 g/mol. The van der Waals surface area contributed by atoms with E-state index in [1.54, 1.807) is 0 Å². The third-order valence-electron chi connectivity index (χ3n) is 4.14. The van der Waals surface area contributed by atoms with Gasteiger partial charge in [0.15, 0.2) is 6.29 Å². The van der Waals surface area contributed by atoms with E-state index in [0.717, 1.165) is 16.7 Å². The molecule has 0 spiro atoms. The normalized spacial score (nSPS) is 21.4. The number of ether oxygens (including phenoxy) is 2. The van der Waals surface area contributed by atoms with Crippen molar-refractivity contribution in [2.24, 2.45) is 0 Å². The molecule has 0 saturated carbocycles. The molecule has 0 bridgehead atoms. The molecule has 1 aliphatic rings. The van der Waals surface area contributed by atoms with Gasteiger partial charge in [0.25, 0.3) is 0 Å². The van der Waals surface area contributed by atoms with E-state index in [9.17, 15) is 0 Å². The minimum Gasteiger partial charge on any atom is -0.337 e. The van der Waals surface area contributed by atoms with E-state index in [2.05, 4.69) is 24.3 Å². The zero-order chi connectivity index (χ0) is 15.5. The minimum atomic E-state index is -0.341. The summed E-state index contributed by atoms with van der Waals surface area (Å²) >= 11 is 0. The highest BCUT2D eigenvalue weighted by atomic mass is 16.7. The first-order chi connectivity index (χ1) is 11.4. The summed E-state index contributed by atoms with van der Waals surface area (Å²) in [6.07, 6.45) is -0.556. The van der Waals surface area contributed by atoms with Gasteiger partial charge in [-0.25, -0.2) is 0 Å². The fourth-order valence-corrected chi connectivity index (χ4v) is 3.00. The monoisotopic (exact) mass is 302 g/mol. The SMILES string of the molecule is c1ccc(C2O[C@H](c3ccccc3)[C@@H](c3ccccc3)O2)cc1. The van der Waals surface area contributed by atoms with Gasteiger partial charge in [-0.05, 0) is 11.1 Å². The van der Waals surface area contributed by atoms with Crippen LogP contribution >= 0.6 is 0 Å². The molecule has 1 aliphatic heterocycles. The highest BCUT2D eigenvalue weighted by Gasteiger charge is 2.38. The maximum Gasteiger partial charge on any atom is 0.185 e. The van der Waals surface area contributed by atoms with Gasteiger partial charge in [-0.1, -0.05) is 91.0 Å². The van der Waals surface area contributed by atoms with E-state index in [0.29, 0.717) is 0 Å². The Morgan fingerprint density at radius 3 is 1.17 bits per heavy atom. The summed E-state index contributed by atoms with van der Waals surface area (Å²) in [7, 11) is 0. The van der Waals surface area contributed by atoms with Gasteiger partial charge in [0.2, 0.25) is 0 Å². The summed E-state index contributed by atoms with van der Waals surface area (Å²) in [5, 5.41) is 0. The molecule has 0 aromatic heterocycles. The standard InChI is InChI=1S/C21H18O2/c1-4-10-16(11-5-1)19-20(17-12-6-2-7-13-17)23-21(22-19)18-14-8-3-9-15-18/h1-15,19-21H/t19-,20-/m1/s1. The third-order valence-corrected chi connectivity index (χ3v) is 4.14. The Labute approximate surface area is 136 Å². The summed E-state index contributed by atoms with van der Waals surface area (Å²) < 4.78 is 12.6. The predicted octanol–water partition coefficient (Wildman–Crippen LogP) is 5.21. The lowest BCUT2D eigenvalue weighted by molar-refractivity contribution is -0.0698. The number of benzene rings is 3. The van der Waals surface area contributed by atoms with Crippen LogP contribution in [0.2, 0.25) is 0 Å². The molecule has 0 N–H and O–H groups in total. The molecule has 2 nitrogen and oxygen atoms in total. The molecule has 1 heterocycles. The van der Waals surface area contributed by atoms with Crippen molar-refractivity contribution < 1.29 is 9.47 Å². The summed E-state index contributed by atoms with van der Waals surface area (Å²) in [5.41, 5.74) is 3.33. The number of hydrogen-bond acceptors (Lipinski definition) is 2. The lowest BCUT2D eigenvalue weighted by atomic mass is 9.99. The van der Waals surface area contributed by atoms with Crippen LogP contribution in [-0.4, -0.2) is 0 Å². The molecule has 3 aromatic rings. The van der Waals surface area contributed by atoms with Gasteiger partial charge in [0.1, 0.15) is 12.2 Å². The predicted molar refractivity (Wildman–Crippen MR) is 89.7 cm³/mol. The maximum absolute atomic E-state index is 6.28. The van der Waals surface area contributed by atoms with Gasteiger partial charge in [-0.2, -0.15) is 0 Å². The first-order valence-corrected chi connectivity index (χ1v) is 7.87. The molecular formula is C21H18O2. The Morgan fingerprint density at radius 1 is 0.435 bits per heavy atom. The van der Waals surface area contributed by atoms with Crippen molar-refractivity contribution in [1.29, 1.82) is 0 Å². The molecule has 114 valence electrons. The van der Waals surface area contributed by atoms with Crippen molar-refractivity contribution in [3.05, 3.63) is 108 Å². The Morgan fingerprint density at radius 2 is 0.783 bits per heavy atom. The number of rotatable bonds is 3. The van der Waals surface area contributed by atoms with Crippen molar-refractivity contribution in [2.45, 2.75) is 18.5 Å². The molecule has 2 atom stereocenters. The largest absolute Gasteiger partial charge is 0.337 e. The summed E-state index contributed by atoms with van der Waals surface area (Å²) in [6.45, 7) is 0. The van der Waals surface area contributed by atoms with Crippen LogP contribution in [0.3, 0.4) is 0 Å². The molecule has 0 amide bonds. The Balaban J connectivity index is 1.70. The molecular weight excluding hydrogens is 284 g/mol. The molecule has 1 fully saturated rings. The second-order valence-electron chi connectivity index (χ2n) is 5.68. The van der Waals surface area contributed by atoms with Crippen molar-refractivity contribution >= 4 is 0 Å². The van der Waals surface area contributed by atoms with Gasteiger partial charge in [0, 0.05) is 5.56 Å². The molecule has 0 radical (unpaired) electrons. The van der Waals surface area contributed by atoms with E-state index < -0.39 is 0 Å². The topological polar surface area (TPSA) is 18.5 Å². The molecule has 0 unspecified atom stereocenters. The first-order valence-electron chi connectivity index (χ1n) is 7.87. The Kier molecular flexibility index (Phi) is 3.93. The molecule has 2 heteroatoms. The summed E-state index contributed by atoms with van der Waals surface area (Å²) in [5.74, 6) is 0. The zero-order valence-corrected chi connectivity index (χ0v) is 12.7. The van der Waals surface area contributed by atoms with Crippen LogP contribution in [0.1, 0.15) is 35.2 Å². The van der Waals surface area contributed by atoms with Crippen molar-refractivity contribution in [2.75, 3.05) is 0 Å². The zero-order valence-electron chi connectivity index (χ0n) is 12.7. The van der Waals surface area contributed by atoms with Crippen LogP contribution in [0.15, 0.2) is 91.0 Å². The highest BCUT2D eigenvalue weighted by molar-refractivity contribution is 5.27. The second kappa shape index (κ2) is 6.37. The van der Waals surface area contributed by atoms with Gasteiger partial charge in [-0.3, -0.25) is 0 Å². The molecule has 23 heavy (non-hydrogen) atoms. The van der Waals surface area contributed by atoms with E-state index in [1.807, 2.05) is 66.7 Å². The third kappa shape index (κ3) is 2.91. The van der Waals surface area contributed by atoms with Crippen LogP contribution in [-0.2, 0) is 9.47 Å². The fourth-order valence-electron chi connectivity index (χ4n) is 3.00. The lowest BCUT2D eigenvalue weighted by Gasteiger charge is -2.17. The molecule has 1 saturated heterocycles. The van der Waals surface area contributed by atoms with E-state index in [-0.39, 0.29) is 18.5 Å². The maximum atomic E-state index is 6.28. The molecule has 3 aromatic carbocycles. The Bertz CT molecular complexity index is 693. The quantitative estimate of drug-likeness (QED) is 0.661. The van der Waals surface area contributed by atoms with Crippen molar-refractivity contribution in [1.82, 2.24) is 0 Å². The van der Waals surface area contributed by atoms with Crippen molar-refractivity contribution in [3.8, 4) is 0 Å². The van der Waals surface area contributed by atoms with Crippen LogP contribution < -0.4 is 0 Å². The van der Waals surface area contributed by atoms with Crippen LogP contribution in [0.5, 0.6) is 0 Å². The molecule has 0 aliphatic carbocycles. The minimum absolute atomic E-state index is 0.108. The lowest BCUT2D eigenvalue weighted by Crippen LogP contribution is -2.06. The van der Waals surface area contributed by atoms with Gasteiger partial charge in [0.05, 0.1) is 0 Å². The van der Waals surface area contributed by atoms with Crippen LogP contribution in [0.25, 0.3) is 0 Å². The van der Waals surface area contributed by atoms with Gasteiger partial charge >= 0.3 is 0 Å². The Hall–Kier alpha value is -2.42. The molecule has 4 rings (SSSR count). The van der Waals surface area contributed by atoms with E-state index >= 15 is 0 Å². The summed E-state index contributed by atoms with van der Waals surface area (Å²) in [4.78, 5) is 0. The number of hydrogen-bond donors (Lipinski definition) is 0. The van der Waals surface area contributed by atoms with Crippen molar-refractivity contribution in [3.63, 3.8) is 0 Å². The fraction of sp³-hybridized carbons (Fsp3) is 0.143. The smallest absolute Gasteiger partial charge is 0.185 e. The van der Waals surface area contributed by atoms with E-state index in [1.165, 1.54) is 0 Å². The summed E-state index contributed by atoms with van der Waals surface area (Å²) in [6, 6.07) is 30.7. The van der Waals surface area contributed by atoms with Crippen LogP contribution in [0, 0.1) is 0 Å².